The normalized spacial score (nSPS) is 10.2. The number of aromatic hydroxyl groups is 1. The van der Waals surface area contributed by atoms with Crippen molar-refractivity contribution in [2.45, 2.75) is 0 Å². The molecule has 0 aromatic heterocycles. The molecule has 0 fully saturated rings. The van der Waals surface area contributed by atoms with Crippen molar-refractivity contribution in [2.24, 2.45) is 0 Å². The van der Waals surface area contributed by atoms with E-state index in [0.29, 0.717) is 34.8 Å². The number of halogens is 2. The lowest BCUT2D eigenvalue weighted by Gasteiger charge is -2.09. The zero-order chi connectivity index (χ0) is 13.7. The summed E-state index contributed by atoms with van der Waals surface area (Å²) in [7, 11) is 0. The average Bonchev–Trinajstić information content (AvgIpc) is 2.34. The second-order valence-electron chi connectivity index (χ2n) is 3.80. The highest BCUT2D eigenvalue weighted by atomic mass is 35.5. The highest BCUT2D eigenvalue weighted by molar-refractivity contribution is 6.34. The molecule has 2 aromatic carbocycles. The molecular formula is C14H12Cl2O3. The Kier molecular flexibility index (Phi) is 4.77. The molecule has 0 saturated carbocycles. The summed E-state index contributed by atoms with van der Waals surface area (Å²) in [6, 6.07) is 11.6. The Balaban J connectivity index is 1.80. The average molecular weight is 299 g/mol. The molecule has 0 bridgehead atoms. The molecule has 0 aliphatic heterocycles. The maximum absolute atomic E-state index is 9.27. The summed E-state index contributed by atoms with van der Waals surface area (Å²) >= 11 is 11.7. The maximum Gasteiger partial charge on any atom is 0.123 e. The van der Waals surface area contributed by atoms with Crippen molar-refractivity contribution < 1.29 is 14.6 Å². The largest absolute Gasteiger partial charge is 0.508 e. The first kappa shape index (κ1) is 13.8. The third-order valence-electron chi connectivity index (χ3n) is 2.27. The van der Waals surface area contributed by atoms with Crippen molar-refractivity contribution in [1.82, 2.24) is 0 Å². The predicted molar refractivity (Wildman–Crippen MR) is 75.6 cm³/mol. The Morgan fingerprint density at radius 1 is 0.842 bits per heavy atom. The van der Waals surface area contributed by atoms with E-state index in [1.165, 1.54) is 6.07 Å². The van der Waals surface area contributed by atoms with Gasteiger partial charge in [0.1, 0.15) is 30.5 Å². The molecule has 3 nitrogen and oxygen atoms in total. The fraction of sp³-hybridized carbons (Fsp3) is 0.143. The fourth-order valence-corrected chi connectivity index (χ4v) is 2.01. The van der Waals surface area contributed by atoms with Crippen LogP contribution in [0, 0.1) is 0 Å². The number of hydrogen-bond acceptors (Lipinski definition) is 3. The van der Waals surface area contributed by atoms with Crippen LogP contribution in [-0.4, -0.2) is 18.3 Å². The van der Waals surface area contributed by atoms with Gasteiger partial charge in [-0.2, -0.15) is 0 Å². The van der Waals surface area contributed by atoms with E-state index in [1.807, 2.05) is 0 Å². The molecule has 2 aromatic rings. The molecule has 0 radical (unpaired) electrons. The Bertz CT molecular complexity index is 538. The van der Waals surface area contributed by atoms with Crippen LogP contribution in [0.1, 0.15) is 0 Å². The van der Waals surface area contributed by atoms with E-state index >= 15 is 0 Å². The van der Waals surface area contributed by atoms with Gasteiger partial charge in [-0.05, 0) is 30.3 Å². The van der Waals surface area contributed by atoms with E-state index in [2.05, 4.69) is 0 Å². The molecule has 0 aliphatic rings. The number of phenols is 1. The van der Waals surface area contributed by atoms with Gasteiger partial charge in [-0.25, -0.2) is 0 Å². The van der Waals surface area contributed by atoms with E-state index in [0.717, 1.165) is 0 Å². The van der Waals surface area contributed by atoms with Gasteiger partial charge in [-0.1, -0.05) is 29.3 Å². The van der Waals surface area contributed by atoms with E-state index in [9.17, 15) is 5.11 Å². The number of rotatable bonds is 5. The molecule has 0 saturated heterocycles. The summed E-state index contributed by atoms with van der Waals surface area (Å²) in [5, 5.41) is 10.3. The molecule has 1 N–H and O–H groups in total. The molecule has 0 atom stereocenters. The Morgan fingerprint density at radius 3 is 2.11 bits per heavy atom. The lowest BCUT2D eigenvalue weighted by atomic mass is 10.3. The Morgan fingerprint density at radius 2 is 1.47 bits per heavy atom. The lowest BCUT2D eigenvalue weighted by Crippen LogP contribution is -2.08. The first-order valence-corrected chi connectivity index (χ1v) is 6.40. The van der Waals surface area contributed by atoms with Crippen LogP contribution < -0.4 is 9.47 Å². The molecule has 19 heavy (non-hydrogen) atoms. The number of phenolic OH excluding ortho intramolecular Hbond substituents is 1. The highest BCUT2D eigenvalue weighted by Crippen LogP contribution is 2.24. The van der Waals surface area contributed by atoms with Crippen molar-refractivity contribution in [1.29, 1.82) is 0 Å². The van der Waals surface area contributed by atoms with Crippen LogP contribution in [0.25, 0.3) is 0 Å². The maximum atomic E-state index is 9.27. The van der Waals surface area contributed by atoms with E-state index in [-0.39, 0.29) is 5.75 Å². The minimum absolute atomic E-state index is 0.167. The molecule has 0 amide bonds. The summed E-state index contributed by atoms with van der Waals surface area (Å²) in [4.78, 5) is 0. The first-order valence-electron chi connectivity index (χ1n) is 5.64. The van der Waals surface area contributed by atoms with Crippen LogP contribution in [0.5, 0.6) is 17.2 Å². The quantitative estimate of drug-likeness (QED) is 0.843. The van der Waals surface area contributed by atoms with Gasteiger partial charge in [-0.3, -0.25) is 0 Å². The minimum Gasteiger partial charge on any atom is -0.508 e. The molecule has 100 valence electrons. The standard InChI is InChI=1S/C14H12Cl2O3/c15-10-6-11(16)8-14(7-10)19-5-4-18-13-3-1-2-12(17)9-13/h1-3,6-9,17H,4-5H2. The lowest BCUT2D eigenvalue weighted by molar-refractivity contribution is 0.216. The third kappa shape index (κ3) is 4.54. The van der Waals surface area contributed by atoms with Crippen LogP contribution in [0.15, 0.2) is 42.5 Å². The first-order chi connectivity index (χ1) is 9.13. The van der Waals surface area contributed by atoms with Gasteiger partial charge in [0.25, 0.3) is 0 Å². The van der Waals surface area contributed by atoms with Gasteiger partial charge in [-0.15, -0.1) is 0 Å². The molecule has 2 rings (SSSR count). The highest BCUT2D eigenvalue weighted by Gasteiger charge is 2.00. The SMILES string of the molecule is Oc1cccc(OCCOc2cc(Cl)cc(Cl)c2)c1. The van der Waals surface area contributed by atoms with E-state index in [1.54, 1.807) is 36.4 Å². The Hall–Kier alpha value is -1.58. The topological polar surface area (TPSA) is 38.7 Å². The number of ether oxygens (including phenoxy) is 2. The minimum atomic E-state index is 0.167. The van der Waals surface area contributed by atoms with Crippen molar-refractivity contribution in [3.63, 3.8) is 0 Å². The van der Waals surface area contributed by atoms with Gasteiger partial charge in [0.2, 0.25) is 0 Å². The van der Waals surface area contributed by atoms with Gasteiger partial charge in [0.15, 0.2) is 0 Å². The van der Waals surface area contributed by atoms with Crippen molar-refractivity contribution in [3.8, 4) is 17.2 Å². The molecule has 0 unspecified atom stereocenters. The second-order valence-corrected chi connectivity index (χ2v) is 4.67. The molecule has 5 heteroatoms. The van der Waals surface area contributed by atoms with Crippen LogP contribution in [0.2, 0.25) is 10.0 Å². The van der Waals surface area contributed by atoms with Crippen LogP contribution in [-0.2, 0) is 0 Å². The van der Waals surface area contributed by atoms with Gasteiger partial charge < -0.3 is 14.6 Å². The smallest absolute Gasteiger partial charge is 0.123 e. The summed E-state index contributed by atoms with van der Waals surface area (Å²) in [5.41, 5.74) is 0. The molecule has 0 spiro atoms. The number of benzene rings is 2. The van der Waals surface area contributed by atoms with E-state index < -0.39 is 0 Å². The Labute approximate surface area is 121 Å². The summed E-state index contributed by atoms with van der Waals surface area (Å²) < 4.78 is 10.9. The zero-order valence-electron chi connectivity index (χ0n) is 9.98. The monoisotopic (exact) mass is 298 g/mol. The second kappa shape index (κ2) is 6.55. The van der Waals surface area contributed by atoms with Gasteiger partial charge in [0.05, 0.1) is 0 Å². The molecule has 0 heterocycles. The van der Waals surface area contributed by atoms with Gasteiger partial charge in [0, 0.05) is 16.1 Å². The summed E-state index contributed by atoms with van der Waals surface area (Å²) in [6.07, 6.45) is 0. The van der Waals surface area contributed by atoms with Crippen molar-refractivity contribution >= 4 is 23.2 Å². The van der Waals surface area contributed by atoms with Crippen molar-refractivity contribution in [2.75, 3.05) is 13.2 Å². The summed E-state index contributed by atoms with van der Waals surface area (Å²) in [5.74, 6) is 1.35. The zero-order valence-corrected chi connectivity index (χ0v) is 11.5. The predicted octanol–water partition coefficient (Wildman–Crippen LogP) is 4.16. The van der Waals surface area contributed by atoms with Gasteiger partial charge >= 0.3 is 0 Å². The van der Waals surface area contributed by atoms with Crippen LogP contribution in [0.4, 0.5) is 0 Å². The molecule has 0 aliphatic carbocycles. The fourth-order valence-electron chi connectivity index (χ4n) is 1.50. The summed E-state index contributed by atoms with van der Waals surface area (Å²) in [6.45, 7) is 0.708. The molecular weight excluding hydrogens is 287 g/mol. The van der Waals surface area contributed by atoms with Crippen LogP contribution >= 0.6 is 23.2 Å². The number of hydrogen-bond donors (Lipinski definition) is 1. The third-order valence-corrected chi connectivity index (χ3v) is 2.71. The van der Waals surface area contributed by atoms with Crippen LogP contribution in [0.3, 0.4) is 0 Å². The van der Waals surface area contributed by atoms with Crippen molar-refractivity contribution in [3.05, 3.63) is 52.5 Å². The van der Waals surface area contributed by atoms with E-state index in [4.69, 9.17) is 32.7 Å².